The fourth-order valence-electron chi connectivity index (χ4n) is 1.80. The monoisotopic (exact) mass is 310 g/mol. The lowest BCUT2D eigenvalue weighted by Gasteiger charge is -2.05. The lowest BCUT2D eigenvalue weighted by molar-refractivity contribution is -0.143. The van der Waals surface area contributed by atoms with Gasteiger partial charge in [-0.05, 0) is 25.1 Å². The number of thiazole rings is 1. The molecule has 0 spiro atoms. The highest BCUT2D eigenvalue weighted by atomic mass is 32.1. The van der Waals surface area contributed by atoms with E-state index in [1.807, 2.05) is 0 Å². The molecule has 21 heavy (non-hydrogen) atoms. The minimum absolute atomic E-state index is 0.129. The molecule has 0 atom stereocenters. The van der Waals surface area contributed by atoms with Gasteiger partial charge in [0.1, 0.15) is 6.54 Å². The fourth-order valence-corrected chi connectivity index (χ4v) is 2.73. The molecule has 1 aromatic heterocycles. The van der Waals surface area contributed by atoms with E-state index in [2.05, 4.69) is 10.1 Å². The van der Waals surface area contributed by atoms with Gasteiger partial charge in [-0.3, -0.25) is 19.5 Å². The van der Waals surface area contributed by atoms with Crippen LogP contribution in [-0.4, -0.2) is 30.3 Å². The maximum Gasteiger partial charge on any atom is 0.411 e. The molecule has 1 amide bonds. The van der Waals surface area contributed by atoms with Crippen molar-refractivity contribution in [3.63, 3.8) is 0 Å². The quantitative estimate of drug-likeness (QED) is 0.870. The summed E-state index contributed by atoms with van der Waals surface area (Å²) in [5.41, 5.74) is 1.13. The van der Waals surface area contributed by atoms with Gasteiger partial charge in [0.25, 0.3) is 0 Å². The first kappa shape index (κ1) is 15.0. The summed E-state index contributed by atoms with van der Waals surface area (Å²) in [6, 6.07) is 4.95. The van der Waals surface area contributed by atoms with E-state index in [-0.39, 0.29) is 18.0 Å². The van der Waals surface area contributed by atoms with Crippen molar-refractivity contribution in [1.29, 1.82) is 0 Å². The van der Waals surface area contributed by atoms with Crippen LogP contribution in [0.15, 0.2) is 23.0 Å². The Balaban J connectivity index is 2.32. The Kier molecular flexibility index (Phi) is 4.59. The van der Waals surface area contributed by atoms with Crippen LogP contribution in [-0.2, 0) is 20.8 Å². The van der Waals surface area contributed by atoms with E-state index in [0.29, 0.717) is 15.9 Å². The van der Waals surface area contributed by atoms with Gasteiger partial charge < -0.3 is 9.47 Å². The van der Waals surface area contributed by atoms with Crippen molar-refractivity contribution in [2.45, 2.75) is 13.5 Å². The number of ether oxygens (including phenoxy) is 2. The highest BCUT2D eigenvalue weighted by molar-refractivity contribution is 7.16. The summed E-state index contributed by atoms with van der Waals surface area (Å²) in [5.74, 6) is -0.462. The van der Waals surface area contributed by atoms with Gasteiger partial charge in [0, 0.05) is 5.69 Å². The first-order valence-electron chi connectivity index (χ1n) is 6.19. The molecule has 0 radical (unpaired) electrons. The third-order valence-electron chi connectivity index (χ3n) is 2.69. The molecule has 0 saturated carbocycles. The Morgan fingerprint density at radius 2 is 2.14 bits per heavy atom. The largest absolute Gasteiger partial charge is 0.465 e. The second-order valence-corrected chi connectivity index (χ2v) is 5.05. The van der Waals surface area contributed by atoms with Gasteiger partial charge in [-0.1, -0.05) is 11.3 Å². The topological polar surface area (TPSA) is 86.6 Å². The predicted molar refractivity (Wildman–Crippen MR) is 78.7 cm³/mol. The lowest BCUT2D eigenvalue weighted by Crippen LogP contribution is -2.20. The fraction of sp³-hybridized carbons (Fsp3) is 0.308. The zero-order valence-corrected chi connectivity index (χ0v) is 12.4. The number of fused-ring (bicyclic) bond motifs is 1. The van der Waals surface area contributed by atoms with Gasteiger partial charge in [0.15, 0.2) is 0 Å². The second kappa shape index (κ2) is 6.40. The average Bonchev–Trinajstić information content (AvgIpc) is 2.74. The van der Waals surface area contributed by atoms with E-state index in [1.54, 1.807) is 25.1 Å². The number of carbonyl (C=O) groups excluding carboxylic acids is 2. The molecule has 1 N–H and O–H groups in total. The molecule has 7 nitrogen and oxygen atoms in total. The van der Waals surface area contributed by atoms with E-state index in [1.165, 1.54) is 11.7 Å². The summed E-state index contributed by atoms with van der Waals surface area (Å²) in [6.07, 6.45) is -0.590. The van der Waals surface area contributed by atoms with Crippen LogP contribution in [0.3, 0.4) is 0 Å². The molecule has 112 valence electrons. The third kappa shape index (κ3) is 3.40. The Hall–Kier alpha value is -2.35. The number of anilines is 1. The van der Waals surface area contributed by atoms with Gasteiger partial charge in [-0.2, -0.15) is 0 Å². The Morgan fingerprint density at radius 3 is 2.81 bits per heavy atom. The number of benzene rings is 1. The number of nitrogens with one attached hydrogen (secondary N) is 1. The molecular formula is C13H14N2O5S. The van der Waals surface area contributed by atoms with Crippen molar-refractivity contribution in [2.75, 3.05) is 19.0 Å². The number of nitrogens with zero attached hydrogens (tertiary/aromatic N) is 1. The average molecular weight is 310 g/mol. The molecule has 0 aliphatic heterocycles. The molecule has 2 rings (SSSR count). The van der Waals surface area contributed by atoms with E-state index < -0.39 is 12.1 Å². The standard InChI is InChI=1S/C13H14N2O5S/c1-3-20-11(16)7-15-9-5-4-8(14-12(17)19-2)6-10(9)21-13(15)18/h4-6H,3,7H2,1-2H3,(H,14,17). The number of esters is 1. The number of hydrogen-bond donors (Lipinski definition) is 1. The molecule has 0 aliphatic carbocycles. The number of aromatic nitrogens is 1. The summed E-state index contributed by atoms with van der Waals surface area (Å²) in [7, 11) is 1.27. The Bertz CT molecular complexity index is 734. The normalized spacial score (nSPS) is 10.4. The molecule has 0 unspecified atom stereocenters. The van der Waals surface area contributed by atoms with Crippen molar-refractivity contribution < 1.29 is 19.1 Å². The van der Waals surface area contributed by atoms with Crippen LogP contribution in [0.25, 0.3) is 10.2 Å². The van der Waals surface area contributed by atoms with Gasteiger partial charge in [0.2, 0.25) is 0 Å². The third-order valence-corrected chi connectivity index (χ3v) is 3.63. The van der Waals surface area contributed by atoms with E-state index >= 15 is 0 Å². The Morgan fingerprint density at radius 1 is 1.38 bits per heavy atom. The molecule has 8 heteroatoms. The first-order valence-corrected chi connectivity index (χ1v) is 7.00. The van der Waals surface area contributed by atoms with Gasteiger partial charge in [0.05, 0.1) is 23.9 Å². The summed E-state index contributed by atoms with van der Waals surface area (Å²) in [6.45, 7) is 1.84. The number of methoxy groups -OCH3 is 1. The van der Waals surface area contributed by atoms with Crippen molar-refractivity contribution in [3.05, 3.63) is 27.9 Å². The number of hydrogen-bond acceptors (Lipinski definition) is 6. The maximum atomic E-state index is 11.9. The number of carbonyl (C=O) groups is 2. The molecule has 0 aliphatic rings. The molecule has 0 saturated heterocycles. The van der Waals surface area contributed by atoms with Crippen molar-refractivity contribution >= 4 is 39.3 Å². The lowest BCUT2D eigenvalue weighted by atomic mass is 10.3. The van der Waals surface area contributed by atoms with E-state index in [0.717, 1.165) is 11.3 Å². The smallest absolute Gasteiger partial charge is 0.411 e. The molecule has 0 fully saturated rings. The van der Waals surface area contributed by atoms with Crippen LogP contribution in [0.1, 0.15) is 6.92 Å². The zero-order chi connectivity index (χ0) is 15.4. The SMILES string of the molecule is CCOC(=O)Cn1c(=O)sc2cc(NC(=O)OC)ccc21. The highest BCUT2D eigenvalue weighted by Gasteiger charge is 2.12. The summed E-state index contributed by atoms with van der Waals surface area (Å²) < 4.78 is 11.4. The predicted octanol–water partition coefficient (Wildman–Crippen LogP) is 1.80. The zero-order valence-electron chi connectivity index (χ0n) is 11.5. The van der Waals surface area contributed by atoms with Crippen LogP contribution in [0.5, 0.6) is 0 Å². The second-order valence-electron chi connectivity index (χ2n) is 4.06. The minimum Gasteiger partial charge on any atom is -0.465 e. The van der Waals surface area contributed by atoms with Crippen molar-refractivity contribution in [3.8, 4) is 0 Å². The number of amides is 1. The Labute approximate surface area is 124 Å². The summed E-state index contributed by atoms with van der Waals surface area (Å²) in [4.78, 5) is 34.3. The molecule has 0 bridgehead atoms. The molecular weight excluding hydrogens is 296 g/mol. The summed E-state index contributed by atoms with van der Waals surface area (Å²) >= 11 is 0.995. The first-order chi connectivity index (χ1) is 10.0. The van der Waals surface area contributed by atoms with Gasteiger partial charge in [-0.25, -0.2) is 4.79 Å². The minimum atomic E-state index is -0.590. The maximum absolute atomic E-state index is 11.9. The molecule has 2 aromatic rings. The number of rotatable bonds is 4. The van der Waals surface area contributed by atoms with Crippen molar-refractivity contribution in [1.82, 2.24) is 4.57 Å². The van der Waals surface area contributed by atoms with E-state index in [4.69, 9.17) is 4.74 Å². The summed E-state index contributed by atoms with van der Waals surface area (Å²) in [5, 5.41) is 2.52. The van der Waals surface area contributed by atoms with Crippen LogP contribution in [0.4, 0.5) is 10.5 Å². The van der Waals surface area contributed by atoms with Crippen molar-refractivity contribution in [2.24, 2.45) is 0 Å². The highest BCUT2D eigenvalue weighted by Crippen LogP contribution is 2.22. The van der Waals surface area contributed by atoms with Crippen LogP contribution >= 0.6 is 11.3 Å². The molecule has 1 aromatic carbocycles. The van der Waals surface area contributed by atoms with Gasteiger partial charge >= 0.3 is 16.9 Å². The van der Waals surface area contributed by atoms with Crippen LogP contribution in [0, 0.1) is 0 Å². The van der Waals surface area contributed by atoms with Crippen LogP contribution < -0.4 is 10.2 Å². The van der Waals surface area contributed by atoms with E-state index in [9.17, 15) is 14.4 Å². The van der Waals surface area contributed by atoms with Crippen LogP contribution in [0.2, 0.25) is 0 Å². The molecule has 1 heterocycles. The van der Waals surface area contributed by atoms with Gasteiger partial charge in [-0.15, -0.1) is 0 Å².